The van der Waals surface area contributed by atoms with E-state index in [1.807, 2.05) is 48.5 Å². The van der Waals surface area contributed by atoms with E-state index in [0.717, 1.165) is 29.7 Å². The number of aliphatic hydroxyl groups is 3. The van der Waals surface area contributed by atoms with Crippen LogP contribution < -0.4 is 11.1 Å². The largest absolute Gasteiger partial charge is 0.510 e. The number of carbonyl (C=O) groups excluding carboxylic acids is 3. The molecule has 0 aliphatic heterocycles. The molecule has 6 rings (SSSR count). The predicted molar refractivity (Wildman–Crippen MR) is 176 cm³/mol. The summed E-state index contributed by atoms with van der Waals surface area (Å²) in [5, 5.41) is 49.3. The van der Waals surface area contributed by atoms with Gasteiger partial charge in [0.25, 0.3) is 5.91 Å². The first-order valence-corrected chi connectivity index (χ1v) is 15.8. The SMILES string of the molecule is CN(C)C1C(O)=C(C(N)=O)C(=O)[C@@]2(O)C(O)=C3C(=O)c4c(O)ccc(-c5ccc(CNCCc6ccc(Cl)cc6)cc5)c4C[C@@H]3C[C@@H]12. The van der Waals surface area contributed by atoms with Crippen LogP contribution >= 0.6 is 11.6 Å². The first-order chi connectivity index (χ1) is 22.3. The van der Waals surface area contributed by atoms with Crippen molar-refractivity contribution in [2.75, 3.05) is 20.6 Å². The third-order valence-corrected chi connectivity index (χ3v) is 9.96. The van der Waals surface area contributed by atoms with Crippen molar-refractivity contribution in [3.63, 3.8) is 0 Å². The van der Waals surface area contributed by atoms with Crippen molar-refractivity contribution >= 4 is 29.1 Å². The van der Waals surface area contributed by atoms with Crippen LogP contribution in [0.5, 0.6) is 5.75 Å². The number of aliphatic hydroxyl groups excluding tert-OH is 2. The molecule has 11 heteroatoms. The topological polar surface area (TPSA) is 173 Å². The molecule has 47 heavy (non-hydrogen) atoms. The third kappa shape index (κ3) is 5.41. The van der Waals surface area contributed by atoms with E-state index in [1.54, 1.807) is 20.2 Å². The van der Waals surface area contributed by atoms with Crippen LogP contribution in [0, 0.1) is 11.8 Å². The van der Waals surface area contributed by atoms with Crippen LogP contribution in [-0.2, 0) is 29.0 Å². The van der Waals surface area contributed by atoms with Gasteiger partial charge in [-0.2, -0.15) is 0 Å². The molecule has 0 saturated carbocycles. The van der Waals surface area contributed by atoms with Gasteiger partial charge in [0.1, 0.15) is 22.8 Å². The Morgan fingerprint density at radius 1 is 1.00 bits per heavy atom. The van der Waals surface area contributed by atoms with Gasteiger partial charge in [0.2, 0.25) is 5.78 Å². The molecule has 0 aromatic heterocycles. The van der Waals surface area contributed by atoms with Crippen molar-refractivity contribution < 1.29 is 34.8 Å². The zero-order chi connectivity index (χ0) is 33.8. The normalized spacial score (nSPS) is 23.9. The minimum atomic E-state index is -2.67. The van der Waals surface area contributed by atoms with Gasteiger partial charge in [-0.1, -0.05) is 54.1 Å². The standard InChI is InChI=1S/C36H36ClN3O7/c1-40(2)30-25-16-21-15-24-23(20-7-3-19(4-8-20)17-39-14-13-18-5-9-22(37)10-6-18)11-12-26(41)28(24)31(42)27(21)33(44)36(25,47)34(45)29(32(30)43)35(38)46/h3-12,21,25,30,39,41,43-44,47H,13-17H2,1-2H3,(H2,38,46)/t21-,25+,30?,36+/m1/s1. The summed E-state index contributed by atoms with van der Waals surface area (Å²) in [6, 6.07) is 17.8. The number of likely N-dealkylation sites (N-methyl/N-ethyl adjacent to an activating group) is 1. The maximum atomic E-state index is 14.0. The zero-order valence-electron chi connectivity index (χ0n) is 26.0. The lowest BCUT2D eigenvalue weighted by Crippen LogP contribution is -2.63. The maximum absolute atomic E-state index is 14.0. The van der Waals surface area contributed by atoms with E-state index in [2.05, 4.69) is 5.32 Å². The van der Waals surface area contributed by atoms with Crippen molar-refractivity contribution in [3.8, 4) is 16.9 Å². The molecule has 7 N–H and O–H groups in total. The Balaban J connectivity index is 1.30. The maximum Gasteiger partial charge on any atom is 0.255 e. The molecular weight excluding hydrogens is 622 g/mol. The minimum Gasteiger partial charge on any atom is -0.510 e. The number of aromatic hydroxyl groups is 1. The zero-order valence-corrected chi connectivity index (χ0v) is 26.7. The fourth-order valence-corrected chi connectivity index (χ4v) is 7.57. The number of ketones is 2. The Labute approximate surface area is 276 Å². The number of primary amides is 1. The van der Waals surface area contributed by atoms with Gasteiger partial charge in [-0.05, 0) is 91.8 Å². The van der Waals surface area contributed by atoms with Crippen LogP contribution in [0.15, 0.2) is 83.3 Å². The van der Waals surface area contributed by atoms with Crippen molar-refractivity contribution in [2.24, 2.45) is 17.6 Å². The van der Waals surface area contributed by atoms with Gasteiger partial charge < -0.3 is 31.5 Å². The van der Waals surface area contributed by atoms with E-state index in [4.69, 9.17) is 17.3 Å². The van der Waals surface area contributed by atoms with Crippen molar-refractivity contribution in [1.29, 1.82) is 0 Å². The van der Waals surface area contributed by atoms with Gasteiger partial charge in [-0.15, -0.1) is 0 Å². The highest BCUT2D eigenvalue weighted by Crippen LogP contribution is 2.53. The molecule has 3 aliphatic carbocycles. The summed E-state index contributed by atoms with van der Waals surface area (Å²) in [6.07, 6.45) is 1.10. The number of Topliss-reactive ketones (excluding diaryl/α,β-unsaturated/α-hetero) is 2. The quantitative estimate of drug-likeness (QED) is 0.156. The number of rotatable bonds is 8. The Hall–Kier alpha value is -4.48. The Morgan fingerprint density at radius 2 is 1.66 bits per heavy atom. The number of benzene rings is 3. The summed E-state index contributed by atoms with van der Waals surface area (Å²) >= 11 is 5.97. The molecule has 244 valence electrons. The summed E-state index contributed by atoms with van der Waals surface area (Å²) in [7, 11) is 3.20. The molecule has 4 atom stereocenters. The third-order valence-electron chi connectivity index (χ3n) is 9.70. The number of allylic oxidation sites excluding steroid dienone is 1. The Kier molecular flexibility index (Phi) is 8.48. The van der Waals surface area contributed by atoms with E-state index in [-0.39, 0.29) is 29.7 Å². The van der Waals surface area contributed by atoms with Crippen LogP contribution in [0.1, 0.15) is 33.5 Å². The number of amides is 1. The number of phenolic OH excluding ortho intramolecular Hbond substituents is 1. The molecule has 0 bridgehead atoms. The number of fused-ring (bicyclic) bond motifs is 3. The average Bonchev–Trinajstić information content (AvgIpc) is 3.02. The molecule has 1 amide bonds. The van der Waals surface area contributed by atoms with Crippen LogP contribution in [0.2, 0.25) is 5.02 Å². The van der Waals surface area contributed by atoms with Gasteiger partial charge in [0.15, 0.2) is 11.4 Å². The van der Waals surface area contributed by atoms with E-state index in [0.29, 0.717) is 17.1 Å². The van der Waals surface area contributed by atoms with Crippen molar-refractivity contribution in [2.45, 2.75) is 37.5 Å². The summed E-state index contributed by atoms with van der Waals surface area (Å²) in [5.41, 5.74) is 6.10. The lowest BCUT2D eigenvalue weighted by atomic mass is 9.58. The van der Waals surface area contributed by atoms with Crippen LogP contribution in [0.4, 0.5) is 0 Å². The average molecular weight is 658 g/mol. The van der Waals surface area contributed by atoms with Gasteiger partial charge in [0.05, 0.1) is 11.6 Å². The lowest BCUT2D eigenvalue weighted by Gasteiger charge is -2.50. The lowest BCUT2D eigenvalue weighted by molar-refractivity contribution is -0.148. The summed E-state index contributed by atoms with van der Waals surface area (Å²) in [5.74, 6) is -6.73. The molecule has 0 heterocycles. The first-order valence-electron chi connectivity index (χ1n) is 15.4. The number of nitrogens with two attached hydrogens (primary N) is 1. The van der Waals surface area contributed by atoms with Gasteiger partial charge in [0, 0.05) is 23.1 Å². The Bertz CT molecular complexity index is 1850. The van der Waals surface area contributed by atoms with Crippen LogP contribution in [0.25, 0.3) is 11.1 Å². The van der Waals surface area contributed by atoms with E-state index < -0.39 is 58.0 Å². The summed E-state index contributed by atoms with van der Waals surface area (Å²) < 4.78 is 0. The molecule has 0 spiro atoms. The number of phenols is 1. The fourth-order valence-electron chi connectivity index (χ4n) is 7.44. The van der Waals surface area contributed by atoms with E-state index in [9.17, 15) is 34.8 Å². The number of hydrogen-bond acceptors (Lipinski definition) is 9. The monoisotopic (exact) mass is 657 g/mol. The van der Waals surface area contributed by atoms with Crippen LogP contribution in [-0.4, -0.2) is 75.1 Å². The predicted octanol–water partition coefficient (Wildman–Crippen LogP) is 3.77. The van der Waals surface area contributed by atoms with Gasteiger partial charge in [-0.3, -0.25) is 19.3 Å². The second-order valence-electron chi connectivity index (χ2n) is 12.7. The molecular formula is C36H36ClN3O7. The number of hydrogen-bond donors (Lipinski definition) is 6. The molecule has 3 aromatic rings. The number of halogens is 1. The van der Waals surface area contributed by atoms with Crippen molar-refractivity contribution in [3.05, 3.63) is 111 Å². The summed E-state index contributed by atoms with van der Waals surface area (Å²) in [6.45, 7) is 1.44. The first kappa shape index (κ1) is 32.5. The van der Waals surface area contributed by atoms with E-state index >= 15 is 0 Å². The second-order valence-corrected chi connectivity index (χ2v) is 13.1. The fraction of sp³-hybridized carbons (Fsp3) is 0.306. The highest BCUT2D eigenvalue weighted by molar-refractivity contribution is 6.30. The molecule has 3 aliphatic rings. The van der Waals surface area contributed by atoms with Gasteiger partial charge >= 0.3 is 0 Å². The molecule has 10 nitrogen and oxygen atoms in total. The molecule has 0 fully saturated rings. The molecule has 1 unspecified atom stereocenters. The molecule has 3 aromatic carbocycles. The number of carbonyl (C=O) groups is 3. The minimum absolute atomic E-state index is 0.0174. The summed E-state index contributed by atoms with van der Waals surface area (Å²) in [4.78, 5) is 41.2. The number of nitrogens with one attached hydrogen (secondary N) is 1. The van der Waals surface area contributed by atoms with Gasteiger partial charge in [-0.25, -0.2) is 0 Å². The highest BCUT2D eigenvalue weighted by atomic mass is 35.5. The highest BCUT2D eigenvalue weighted by Gasteiger charge is 2.63. The van der Waals surface area contributed by atoms with E-state index in [1.165, 1.54) is 16.5 Å². The smallest absolute Gasteiger partial charge is 0.255 e. The molecule has 0 saturated heterocycles. The molecule has 0 radical (unpaired) electrons. The second kappa shape index (κ2) is 12.3. The Morgan fingerprint density at radius 3 is 2.30 bits per heavy atom. The van der Waals surface area contributed by atoms with Crippen LogP contribution in [0.3, 0.4) is 0 Å². The number of nitrogens with zero attached hydrogens (tertiary/aromatic N) is 1. The van der Waals surface area contributed by atoms with Crippen molar-refractivity contribution in [1.82, 2.24) is 10.2 Å².